The molecule has 1 aromatic carbocycles. The van der Waals surface area contributed by atoms with Crippen molar-refractivity contribution >= 4 is 0 Å². The molecule has 1 fully saturated rings. The van der Waals surface area contributed by atoms with Crippen LogP contribution in [0.25, 0.3) is 0 Å². The molecule has 3 nitrogen and oxygen atoms in total. The Balaban J connectivity index is 1.79. The average molecular weight is 276 g/mol. The van der Waals surface area contributed by atoms with Crippen molar-refractivity contribution in [1.29, 1.82) is 0 Å². The van der Waals surface area contributed by atoms with E-state index in [2.05, 4.69) is 49.2 Å². The zero-order valence-electron chi connectivity index (χ0n) is 13.1. The van der Waals surface area contributed by atoms with Crippen molar-refractivity contribution in [2.75, 3.05) is 19.6 Å². The van der Waals surface area contributed by atoms with Crippen LogP contribution < -0.4 is 10.1 Å². The Hall–Kier alpha value is -1.06. The van der Waals surface area contributed by atoms with Gasteiger partial charge in [0.2, 0.25) is 0 Å². The first-order chi connectivity index (χ1) is 9.67. The zero-order valence-corrected chi connectivity index (χ0v) is 13.1. The third-order valence-corrected chi connectivity index (χ3v) is 3.90. The molecule has 1 aromatic rings. The Morgan fingerprint density at radius 3 is 2.70 bits per heavy atom. The van der Waals surface area contributed by atoms with Crippen LogP contribution in [0.2, 0.25) is 0 Å². The fourth-order valence-corrected chi connectivity index (χ4v) is 2.72. The van der Waals surface area contributed by atoms with Crippen molar-refractivity contribution in [1.82, 2.24) is 10.2 Å². The molecule has 112 valence electrons. The topological polar surface area (TPSA) is 24.5 Å². The lowest BCUT2D eigenvalue weighted by Crippen LogP contribution is -2.42. The first-order valence-corrected chi connectivity index (χ1v) is 7.88. The minimum Gasteiger partial charge on any atom is -0.491 e. The van der Waals surface area contributed by atoms with Crippen LogP contribution in [-0.4, -0.2) is 36.7 Å². The van der Waals surface area contributed by atoms with Gasteiger partial charge in [0.05, 0.1) is 6.10 Å². The summed E-state index contributed by atoms with van der Waals surface area (Å²) in [4.78, 5) is 2.52. The molecular weight excluding hydrogens is 248 g/mol. The number of ether oxygens (including phenoxy) is 1. The van der Waals surface area contributed by atoms with Crippen LogP contribution in [0.5, 0.6) is 5.75 Å². The second-order valence-electron chi connectivity index (χ2n) is 5.90. The summed E-state index contributed by atoms with van der Waals surface area (Å²) in [5.41, 5.74) is 1.31. The summed E-state index contributed by atoms with van der Waals surface area (Å²) in [6.45, 7) is 10.9. The molecule has 3 heteroatoms. The SMILES string of the molecule is CCN1CCC(NCc2cccc(OC(C)C)c2)CC1. The molecule has 1 aliphatic rings. The molecule has 0 aliphatic carbocycles. The summed E-state index contributed by atoms with van der Waals surface area (Å²) in [6, 6.07) is 9.08. The standard InChI is InChI=1S/C17H28N2O/c1-4-19-10-8-16(9-11-19)18-13-15-6-5-7-17(12-15)20-14(2)3/h5-7,12,14,16,18H,4,8-11,13H2,1-3H3. The van der Waals surface area contributed by atoms with E-state index >= 15 is 0 Å². The molecule has 1 N–H and O–H groups in total. The number of nitrogens with one attached hydrogen (secondary N) is 1. The zero-order chi connectivity index (χ0) is 14.4. The van der Waals surface area contributed by atoms with Gasteiger partial charge in [-0.25, -0.2) is 0 Å². The predicted octanol–water partition coefficient (Wildman–Crippen LogP) is 3.05. The molecule has 0 amide bonds. The summed E-state index contributed by atoms with van der Waals surface area (Å²) >= 11 is 0. The molecule has 2 rings (SSSR count). The normalized spacial score (nSPS) is 17.6. The molecule has 0 saturated carbocycles. The van der Waals surface area contributed by atoms with Gasteiger partial charge in [-0.15, -0.1) is 0 Å². The minimum atomic E-state index is 0.233. The molecule has 1 aliphatic heterocycles. The lowest BCUT2D eigenvalue weighted by atomic mass is 10.0. The fraction of sp³-hybridized carbons (Fsp3) is 0.647. The fourth-order valence-electron chi connectivity index (χ4n) is 2.72. The van der Waals surface area contributed by atoms with Crippen LogP contribution in [0.15, 0.2) is 24.3 Å². The molecule has 0 atom stereocenters. The largest absolute Gasteiger partial charge is 0.491 e. The van der Waals surface area contributed by atoms with E-state index in [-0.39, 0.29) is 6.10 Å². The van der Waals surface area contributed by atoms with Gasteiger partial charge in [-0.1, -0.05) is 19.1 Å². The highest BCUT2D eigenvalue weighted by atomic mass is 16.5. The van der Waals surface area contributed by atoms with Crippen molar-refractivity contribution in [3.63, 3.8) is 0 Å². The van der Waals surface area contributed by atoms with Crippen LogP contribution in [0.4, 0.5) is 0 Å². The summed E-state index contributed by atoms with van der Waals surface area (Å²) < 4.78 is 5.74. The van der Waals surface area contributed by atoms with E-state index in [0.717, 1.165) is 12.3 Å². The summed E-state index contributed by atoms with van der Waals surface area (Å²) in [7, 11) is 0. The summed E-state index contributed by atoms with van der Waals surface area (Å²) in [6.07, 6.45) is 2.75. The number of likely N-dealkylation sites (tertiary alicyclic amines) is 1. The highest BCUT2D eigenvalue weighted by Gasteiger charge is 2.17. The molecule has 0 spiro atoms. The first kappa shape index (κ1) is 15.3. The second kappa shape index (κ2) is 7.65. The average Bonchev–Trinajstić information content (AvgIpc) is 2.45. The van der Waals surface area contributed by atoms with E-state index in [4.69, 9.17) is 4.74 Å². The van der Waals surface area contributed by atoms with Gasteiger partial charge in [0, 0.05) is 12.6 Å². The van der Waals surface area contributed by atoms with Crippen molar-refractivity contribution in [3.8, 4) is 5.75 Å². The number of nitrogens with zero attached hydrogens (tertiary/aromatic N) is 1. The molecule has 0 radical (unpaired) electrons. The van der Waals surface area contributed by atoms with Crippen LogP contribution in [-0.2, 0) is 6.54 Å². The van der Waals surface area contributed by atoms with Crippen LogP contribution in [0, 0.1) is 0 Å². The maximum Gasteiger partial charge on any atom is 0.120 e. The van der Waals surface area contributed by atoms with Gasteiger partial charge in [-0.05, 0) is 64.0 Å². The summed E-state index contributed by atoms with van der Waals surface area (Å²) in [5, 5.41) is 3.68. The van der Waals surface area contributed by atoms with E-state index < -0.39 is 0 Å². The minimum absolute atomic E-state index is 0.233. The van der Waals surface area contributed by atoms with E-state index in [1.807, 2.05) is 6.07 Å². The third kappa shape index (κ3) is 4.80. The Morgan fingerprint density at radius 1 is 1.30 bits per heavy atom. The van der Waals surface area contributed by atoms with Crippen molar-refractivity contribution < 1.29 is 4.74 Å². The second-order valence-corrected chi connectivity index (χ2v) is 5.90. The molecule has 0 aromatic heterocycles. The maximum atomic E-state index is 5.74. The highest BCUT2D eigenvalue weighted by Crippen LogP contribution is 2.16. The van der Waals surface area contributed by atoms with Crippen molar-refractivity contribution in [2.24, 2.45) is 0 Å². The number of piperidine rings is 1. The molecule has 0 bridgehead atoms. The lowest BCUT2D eigenvalue weighted by Gasteiger charge is -2.31. The monoisotopic (exact) mass is 276 g/mol. The number of hydrogen-bond acceptors (Lipinski definition) is 3. The van der Waals surface area contributed by atoms with Crippen LogP contribution in [0.3, 0.4) is 0 Å². The van der Waals surface area contributed by atoms with Gasteiger partial charge < -0.3 is 15.0 Å². The quantitative estimate of drug-likeness (QED) is 0.864. The van der Waals surface area contributed by atoms with E-state index in [9.17, 15) is 0 Å². The van der Waals surface area contributed by atoms with Crippen molar-refractivity contribution in [2.45, 2.75) is 52.3 Å². The molecular formula is C17H28N2O. The maximum absolute atomic E-state index is 5.74. The van der Waals surface area contributed by atoms with Gasteiger partial charge in [0.15, 0.2) is 0 Å². The van der Waals surface area contributed by atoms with E-state index in [0.29, 0.717) is 6.04 Å². The van der Waals surface area contributed by atoms with Crippen LogP contribution in [0.1, 0.15) is 39.2 Å². The van der Waals surface area contributed by atoms with E-state index in [1.165, 1.54) is 38.0 Å². The third-order valence-electron chi connectivity index (χ3n) is 3.90. The Kier molecular flexibility index (Phi) is 5.86. The number of benzene rings is 1. The van der Waals surface area contributed by atoms with Gasteiger partial charge in [0.1, 0.15) is 5.75 Å². The first-order valence-electron chi connectivity index (χ1n) is 7.88. The molecule has 1 heterocycles. The number of rotatable bonds is 6. The summed E-state index contributed by atoms with van der Waals surface area (Å²) in [5.74, 6) is 0.972. The molecule has 20 heavy (non-hydrogen) atoms. The predicted molar refractivity (Wildman–Crippen MR) is 84.2 cm³/mol. The Morgan fingerprint density at radius 2 is 2.05 bits per heavy atom. The lowest BCUT2D eigenvalue weighted by molar-refractivity contribution is 0.206. The van der Waals surface area contributed by atoms with Crippen LogP contribution >= 0.6 is 0 Å². The Bertz CT molecular complexity index is 398. The van der Waals surface area contributed by atoms with Gasteiger partial charge >= 0.3 is 0 Å². The van der Waals surface area contributed by atoms with Gasteiger partial charge in [-0.3, -0.25) is 0 Å². The number of hydrogen-bond donors (Lipinski definition) is 1. The van der Waals surface area contributed by atoms with E-state index in [1.54, 1.807) is 0 Å². The van der Waals surface area contributed by atoms with Gasteiger partial charge in [-0.2, -0.15) is 0 Å². The Labute approximate surface area is 123 Å². The highest BCUT2D eigenvalue weighted by molar-refractivity contribution is 5.28. The van der Waals surface area contributed by atoms with Gasteiger partial charge in [0.25, 0.3) is 0 Å². The smallest absolute Gasteiger partial charge is 0.120 e. The molecule has 1 saturated heterocycles. The van der Waals surface area contributed by atoms with Crippen molar-refractivity contribution in [3.05, 3.63) is 29.8 Å². The molecule has 0 unspecified atom stereocenters.